The molecule has 0 spiro atoms. The van der Waals surface area contributed by atoms with E-state index in [0.717, 1.165) is 6.07 Å². The molecule has 0 aliphatic carbocycles. The Morgan fingerprint density at radius 2 is 2.17 bits per heavy atom. The number of hydrogen-bond donors (Lipinski definition) is 4. The summed E-state index contributed by atoms with van der Waals surface area (Å²) in [4.78, 5) is 41.9. The topological polar surface area (TPSA) is 175 Å². The summed E-state index contributed by atoms with van der Waals surface area (Å²) in [7, 11) is -4.87. The third kappa shape index (κ3) is 3.73. The van der Waals surface area contributed by atoms with E-state index in [9.17, 15) is 23.7 Å². The molecule has 126 valence electrons. The molecule has 11 nitrogen and oxygen atoms in total. The van der Waals surface area contributed by atoms with Gasteiger partial charge in [-0.2, -0.15) is 5.26 Å². The first-order valence-electron chi connectivity index (χ1n) is 6.07. The maximum atomic E-state index is 14.1. The number of H-pyrrole nitrogens is 1. The minimum Gasteiger partial charge on any atom is -0.387 e. The highest BCUT2D eigenvalue weighted by atomic mass is 31.2. The maximum Gasteiger partial charge on any atom is 0.469 e. The van der Waals surface area contributed by atoms with Crippen LogP contribution in [0, 0.1) is 11.3 Å². The lowest BCUT2D eigenvalue weighted by molar-refractivity contribution is -0.0486. The standard InChI is InChI=1S/C10H11FN3O8P/c11-7-8(16)5(3-21-23(18,19)20)22-9(7)14-4(2-12)1-6(15)13-10(14)17/h1,5,7-9,16H,3H2,(H,13,15,17)(H2,18,19,20)/t5-,7-,8-,9-/m1/s1. The molecule has 23 heavy (non-hydrogen) atoms. The van der Waals surface area contributed by atoms with Crippen molar-refractivity contribution >= 4 is 7.82 Å². The minimum absolute atomic E-state index is 0.493. The number of nitriles is 1. The number of aromatic nitrogens is 2. The van der Waals surface area contributed by atoms with Crippen LogP contribution >= 0.6 is 7.82 Å². The Kier molecular flexibility index (Phi) is 4.81. The Morgan fingerprint density at radius 3 is 2.74 bits per heavy atom. The number of aliphatic hydroxyl groups is 1. The molecular weight excluding hydrogens is 340 g/mol. The maximum absolute atomic E-state index is 14.1. The van der Waals surface area contributed by atoms with Crippen molar-refractivity contribution in [2.75, 3.05) is 6.61 Å². The van der Waals surface area contributed by atoms with Crippen LogP contribution in [0.3, 0.4) is 0 Å². The van der Waals surface area contributed by atoms with Crippen molar-refractivity contribution in [1.29, 1.82) is 5.26 Å². The lowest BCUT2D eigenvalue weighted by Crippen LogP contribution is -2.37. The summed E-state index contributed by atoms with van der Waals surface area (Å²) in [6.07, 6.45) is -7.32. The summed E-state index contributed by atoms with van der Waals surface area (Å²) in [6.45, 7) is -0.845. The van der Waals surface area contributed by atoms with Gasteiger partial charge in [0.1, 0.15) is 24.0 Å². The Balaban J connectivity index is 2.32. The third-order valence-corrected chi connectivity index (χ3v) is 3.53. The van der Waals surface area contributed by atoms with Crippen LogP contribution in [0.25, 0.3) is 0 Å². The van der Waals surface area contributed by atoms with E-state index >= 15 is 0 Å². The number of rotatable bonds is 4. The molecule has 0 amide bonds. The van der Waals surface area contributed by atoms with Gasteiger partial charge in [0.05, 0.1) is 6.61 Å². The van der Waals surface area contributed by atoms with Gasteiger partial charge < -0.3 is 19.6 Å². The number of phosphoric acid groups is 1. The summed E-state index contributed by atoms with van der Waals surface area (Å²) in [5.74, 6) is 0. The molecule has 4 N–H and O–H groups in total. The average Bonchev–Trinajstić information content (AvgIpc) is 2.71. The predicted molar refractivity (Wildman–Crippen MR) is 68.8 cm³/mol. The SMILES string of the molecule is N#Cc1cc(=O)[nH]c(=O)n1[C@@H]1O[C@H](COP(=O)(O)O)[C@@H](O)[C@H]1F. The Morgan fingerprint density at radius 1 is 1.52 bits per heavy atom. The molecule has 1 aromatic rings. The lowest BCUT2D eigenvalue weighted by Gasteiger charge is -2.17. The molecule has 0 radical (unpaired) electrons. The Hall–Kier alpha value is -1.87. The highest BCUT2D eigenvalue weighted by Gasteiger charge is 2.47. The van der Waals surface area contributed by atoms with Gasteiger partial charge in [-0.25, -0.2) is 13.8 Å². The predicted octanol–water partition coefficient (Wildman–Crippen LogP) is -1.89. The van der Waals surface area contributed by atoms with Gasteiger partial charge in [-0.05, 0) is 0 Å². The molecule has 0 saturated carbocycles. The molecule has 0 bridgehead atoms. The third-order valence-electron chi connectivity index (χ3n) is 3.05. The summed E-state index contributed by atoms with van der Waals surface area (Å²) < 4.78 is 34.4. The molecule has 2 heterocycles. The van der Waals surface area contributed by atoms with Crippen LogP contribution in [0.2, 0.25) is 0 Å². The van der Waals surface area contributed by atoms with E-state index in [2.05, 4.69) is 4.52 Å². The zero-order valence-electron chi connectivity index (χ0n) is 11.2. The highest BCUT2D eigenvalue weighted by Crippen LogP contribution is 2.38. The van der Waals surface area contributed by atoms with Crippen molar-refractivity contribution in [3.8, 4) is 6.07 Å². The number of aromatic amines is 1. The number of hydrogen-bond acceptors (Lipinski definition) is 7. The van der Waals surface area contributed by atoms with Crippen molar-refractivity contribution in [3.05, 3.63) is 32.6 Å². The first kappa shape index (κ1) is 17.5. The number of ether oxygens (including phenoxy) is 1. The number of alkyl halides is 1. The van der Waals surface area contributed by atoms with Gasteiger partial charge in [-0.1, -0.05) is 0 Å². The average molecular weight is 351 g/mol. The van der Waals surface area contributed by atoms with Gasteiger partial charge >= 0.3 is 13.5 Å². The second kappa shape index (κ2) is 6.32. The fourth-order valence-electron chi connectivity index (χ4n) is 2.06. The van der Waals surface area contributed by atoms with Crippen molar-refractivity contribution in [2.45, 2.75) is 24.6 Å². The quantitative estimate of drug-likeness (QED) is 0.452. The van der Waals surface area contributed by atoms with Crippen LogP contribution in [-0.4, -0.2) is 49.4 Å². The van der Waals surface area contributed by atoms with Gasteiger partial charge in [0.15, 0.2) is 12.4 Å². The number of nitrogens with zero attached hydrogens (tertiary/aromatic N) is 2. The summed E-state index contributed by atoms with van der Waals surface area (Å²) in [5, 5.41) is 18.6. The number of halogens is 1. The van der Waals surface area contributed by atoms with E-state index in [1.54, 1.807) is 0 Å². The minimum atomic E-state index is -4.87. The van der Waals surface area contributed by atoms with Crippen LogP contribution in [0.5, 0.6) is 0 Å². The fourth-order valence-corrected chi connectivity index (χ4v) is 2.40. The molecular formula is C10H11FN3O8P. The Labute approximate surface area is 126 Å². The number of aliphatic hydroxyl groups excluding tert-OH is 1. The van der Waals surface area contributed by atoms with Crippen molar-refractivity contribution in [3.63, 3.8) is 0 Å². The number of nitrogens with one attached hydrogen (secondary N) is 1. The highest BCUT2D eigenvalue weighted by molar-refractivity contribution is 7.46. The molecule has 1 fully saturated rings. The van der Waals surface area contributed by atoms with Gasteiger partial charge in [0.2, 0.25) is 0 Å². The molecule has 1 saturated heterocycles. The molecule has 0 unspecified atom stereocenters. The molecule has 13 heteroatoms. The van der Waals surface area contributed by atoms with E-state index in [4.69, 9.17) is 19.8 Å². The van der Waals surface area contributed by atoms with Gasteiger partial charge in [-0.3, -0.25) is 18.9 Å². The monoisotopic (exact) mass is 351 g/mol. The summed E-state index contributed by atoms with van der Waals surface area (Å²) >= 11 is 0. The van der Waals surface area contributed by atoms with Crippen molar-refractivity contribution in [2.24, 2.45) is 0 Å². The van der Waals surface area contributed by atoms with Crippen LogP contribution in [0.15, 0.2) is 15.7 Å². The number of phosphoric ester groups is 1. The molecule has 1 aromatic heterocycles. The summed E-state index contributed by atoms with van der Waals surface area (Å²) in [5.41, 5.74) is -2.52. The van der Waals surface area contributed by atoms with Crippen LogP contribution in [0.1, 0.15) is 11.9 Å². The largest absolute Gasteiger partial charge is 0.469 e. The van der Waals surface area contributed by atoms with Crippen molar-refractivity contribution in [1.82, 2.24) is 9.55 Å². The van der Waals surface area contributed by atoms with E-state index in [1.807, 2.05) is 4.98 Å². The van der Waals surface area contributed by atoms with E-state index in [-0.39, 0.29) is 0 Å². The van der Waals surface area contributed by atoms with Crippen LogP contribution < -0.4 is 11.2 Å². The first-order valence-corrected chi connectivity index (χ1v) is 7.60. The van der Waals surface area contributed by atoms with Gasteiger partial charge in [-0.15, -0.1) is 0 Å². The van der Waals surface area contributed by atoms with E-state index in [1.165, 1.54) is 6.07 Å². The van der Waals surface area contributed by atoms with Gasteiger partial charge in [0.25, 0.3) is 5.56 Å². The molecule has 0 aromatic carbocycles. The smallest absolute Gasteiger partial charge is 0.387 e. The van der Waals surface area contributed by atoms with Crippen LogP contribution in [-0.2, 0) is 13.8 Å². The zero-order valence-corrected chi connectivity index (χ0v) is 12.1. The fraction of sp³-hybridized carbons (Fsp3) is 0.500. The van der Waals surface area contributed by atoms with Crippen LogP contribution in [0.4, 0.5) is 4.39 Å². The first-order chi connectivity index (χ1) is 10.6. The molecule has 4 atom stereocenters. The summed E-state index contributed by atoms with van der Waals surface area (Å²) in [6, 6.07) is 2.26. The van der Waals surface area contributed by atoms with Gasteiger partial charge in [0, 0.05) is 6.07 Å². The second-order valence-electron chi connectivity index (χ2n) is 4.59. The molecule has 1 aliphatic heterocycles. The zero-order chi connectivity index (χ0) is 17.4. The molecule has 1 aliphatic rings. The van der Waals surface area contributed by atoms with E-state index < -0.39 is 56.0 Å². The molecule has 2 rings (SSSR count). The Bertz CT molecular complexity index is 795. The normalized spacial score (nSPS) is 27.8. The van der Waals surface area contributed by atoms with Crippen molar-refractivity contribution < 1.29 is 33.1 Å². The second-order valence-corrected chi connectivity index (χ2v) is 5.83. The lowest BCUT2D eigenvalue weighted by atomic mass is 10.1. The van der Waals surface area contributed by atoms with E-state index in [0.29, 0.717) is 4.57 Å².